The molecule has 13 heavy (non-hydrogen) atoms. The van der Waals surface area contributed by atoms with Gasteiger partial charge in [0.1, 0.15) is 6.04 Å². The van der Waals surface area contributed by atoms with Gasteiger partial charge in [-0.05, 0) is 20.3 Å². The minimum atomic E-state index is -0.914. The van der Waals surface area contributed by atoms with E-state index in [-0.39, 0.29) is 6.10 Å². The van der Waals surface area contributed by atoms with E-state index in [4.69, 9.17) is 10.5 Å². The third-order valence-electron chi connectivity index (χ3n) is 1.62. The standard InChI is InChI=1S/C9H19NO3/c1-4-5-7(11)8(10)9(12)13-6(2)3/h6-8,11H,4-5,10H2,1-3H3/t7-,8-/m0/s1. The van der Waals surface area contributed by atoms with Crippen LogP contribution in [0.2, 0.25) is 0 Å². The number of hydrogen-bond acceptors (Lipinski definition) is 4. The van der Waals surface area contributed by atoms with Crippen LogP contribution in [0.15, 0.2) is 0 Å². The molecule has 0 heterocycles. The van der Waals surface area contributed by atoms with Gasteiger partial charge in [0.05, 0.1) is 12.2 Å². The molecule has 2 atom stereocenters. The van der Waals surface area contributed by atoms with Gasteiger partial charge in [-0.3, -0.25) is 4.79 Å². The predicted octanol–water partition coefficient (Wildman–Crippen LogP) is 0.426. The van der Waals surface area contributed by atoms with Gasteiger partial charge in [-0.1, -0.05) is 13.3 Å². The summed E-state index contributed by atoms with van der Waals surface area (Å²) in [6.45, 7) is 5.41. The Kier molecular flexibility index (Phi) is 5.66. The molecule has 0 amide bonds. The highest BCUT2D eigenvalue weighted by molar-refractivity contribution is 5.76. The fourth-order valence-electron chi connectivity index (χ4n) is 0.943. The summed E-state index contributed by atoms with van der Waals surface area (Å²) in [6, 6.07) is -0.914. The fraction of sp³-hybridized carbons (Fsp3) is 0.889. The number of aliphatic hydroxyl groups excluding tert-OH is 1. The van der Waals surface area contributed by atoms with Crippen LogP contribution in [-0.4, -0.2) is 29.3 Å². The third kappa shape index (κ3) is 4.85. The molecule has 4 heteroatoms. The summed E-state index contributed by atoms with van der Waals surface area (Å²) in [5.41, 5.74) is 5.47. The Hall–Kier alpha value is -0.610. The molecule has 0 aliphatic carbocycles. The molecular weight excluding hydrogens is 170 g/mol. The Labute approximate surface area is 79.1 Å². The lowest BCUT2D eigenvalue weighted by atomic mass is 10.1. The van der Waals surface area contributed by atoms with Crippen molar-refractivity contribution in [2.24, 2.45) is 5.73 Å². The van der Waals surface area contributed by atoms with Crippen LogP contribution in [0.3, 0.4) is 0 Å². The molecule has 0 aromatic heterocycles. The van der Waals surface area contributed by atoms with Gasteiger partial charge in [-0.2, -0.15) is 0 Å². The molecule has 0 aromatic carbocycles. The van der Waals surface area contributed by atoms with Crippen LogP contribution < -0.4 is 5.73 Å². The van der Waals surface area contributed by atoms with Gasteiger partial charge in [0.25, 0.3) is 0 Å². The van der Waals surface area contributed by atoms with E-state index in [2.05, 4.69) is 0 Å². The average Bonchev–Trinajstić information content (AvgIpc) is 2.02. The number of esters is 1. The summed E-state index contributed by atoms with van der Waals surface area (Å²) in [7, 11) is 0. The molecule has 0 rings (SSSR count). The molecule has 0 radical (unpaired) electrons. The van der Waals surface area contributed by atoms with Crippen molar-refractivity contribution in [2.75, 3.05) is 0 Å². The first-order valence-electron chi connectivity index (χ1n) is 4.63. The first-order valence-corrected chi connectivity index (χ1v) is 4.63. The fourth-order valence-corrected chi connectivity index (χ4v) is 0.943. The molecule has 0 saturated carbocycles. The zero-order valence-electron chi connectivity index (χ0n) is 8.49. The first-order chi connectivity index (χ1) is 5.99. The molecule has 0 spiro atoms. The Morgan fingerprint density at radius 1 is 1.54 bits per heavy atom. The van der Waals surface area contributed by atoms with E-state index in [1.54, 1.807) is 13.8 Å². The van der Waals surface area contributed by atoms with E-state index in [0.717, 1.165) is 6.42 Å². The molecule has 0 aliphatic rings. The van der Waals surface area contributed by atoms with Gasteiger partial charge in [-0.25, -0.2) is 0 Å². The smallest absolute Gasteiger partial charge is 0.325 e. The molecule has 4 nitrogen and oxygen atoms in total. The lowest BCUT2D eigenvalue weighted by molar-refractivity contribution is -0.151. The molecule has 0 fully saturated rings. The maximum Gasteiger partial charge on any atom is 0.325 e. The predicted molar refractivity (Wildman–Crippen MR) is 50.1 cm³/mol. The van der Waals surface area contributed by atoms with Crippen molar-refractivity contribution < 1.29 is 14.6 Å². The number of rotatable bonds is 5. The largest absolute Gasteiger partial charge is 0.462 e. The van der Waals surface area contributed by atoms with Crippen molar-refractivity contribution in [3.8, 4) is 0 Å². The van der Waals surface area contributed by atoms with E-state index in [1.165, 1.54) is 0 Å². The molecule has 0 unspecified atom stereocenters. The summed E-state index contributed by atoms with van der Waals surface area (Å²) in [4.78, 5) is 11.2. The van der Waals surface area contributed by atoms with Crippen LogP contribution in [0.4, 0.5) is 0 Å². The van der Waals surface area contributed by atoms with Crippen LogP contribution in [0.1, 0.15) is 33.6 Å². The van der Waals surface area contributed by atoms with Crippen molar-refractivity contribution in [1.29, 1.82) is 0 Å². The summed E-state index contributed by atoms with van der Waals surface area (Å²) >= 11 is 0. The van der Waals surface area contributed by atoms with E-state index < -0.39 is 18.1 Å². The van der Waals surface area contributed by atoms with Gasteiger partial charge in [0.15, 0.2) is 0 Å². The monoisotopic (exact) mass is 189 g/mol. The maximum atomic E-state index is 11.2. The minimum Gasteiger partial charge on any atom is -0.462 e. The first kappa shape index (κ1) is 12.4. The molecular formula is C9H19NO3. The summed E-state index contributed by atoms with van der Waals surface area (Å²) in [5, 5.41) is 9.38. The van der Waals surface area contributed by atoms with E-state index >= 15 is 0 Å². The third-order valence-corrected chi connectivity index (χ3v) is 1.62. The van der Waals surface area contributed by atoms with Crippen molar-refractivity contribution in [3.05, 3.63) is 0 Å². The van der Waals surface area contributed by atoms with Crippen LogP contribution >= 0.6 is 0 Å². The van der Waals surface area contributed by atoms with Crippen LogP contribution in [0, 0.1) is 0 Å². The van der Waals surface area contributed by atoms with Gasteiger partial charge < -0.3 is 15.6 Å². The Morgan fingerprint density at radius 2 is 2.08 bits per heavy atom. The number of aliphatic hydroxyl groups is 1. The van der Waals surface area contributed by atoms with Crippen LogP contribution in [0.25, 0.3) is 0 Å². The SMILES string of the molecule is CCC[C@H](O)[C@H](N)C(=O)OC(C)C. The molecule has 0 aromatic rings. The Bertz CT molecular complexity index is 159. The summed E-state index contributed by atoms with van der Waals surface area (Å²) < 4.78 is 4.86. The number of nitrogens with two attached hydrogens (primary N) is 1. The topological polar surface area (TPSA) is 72.5 Å². The molecule has 78 valence electrons. The Morgan fingerprint density at radius 3 is 2.46 bits per heavy atom. The van der Waals surface area contributed by atoms with Gasteiger partial charge in [-0.15, -0.1) is 0 Å². The van der Waals surface area contributed by atoms with E-state index in [0.29, 0.717) is 6.42 Å². The van der Waals surface area contributed by atoms with Crippen LogP contribution in [-0.2, 0) is 9.53 Å². The second kappa shape index (κ2) is 5.94. The average molecular weight is 189 g/mol. The zero-order chi connectivity index (χ0) is 10.4. The van der Waals surface area contributed by atoms with Gasteiger partial charge >= 0.3 is 5.97 Å². The van der Waals surface area contributed by atoms with Crippen LogP contribution in [0.5, 0.6) is 0 Å². The molecule has 0 saturated heterocycles. The molecule has 0 aliphatic heterocycles. The highest BCUT2D eigenvalue weighted by Crippen LogP contribution is 2.03. The number of carbonyl (C=O) groups is 1. The van der Waals surface area contributed by atoms with E-state index in [9.17, 15) is 9.90 Å². The number of carbonyl (C=O) groups excluding carboxylic acids is 1. The lowest BCUT2D eigenvalue weighted by Crippen LogP contribution is -2.43. The second-order valence-electron chi connectivity index (χ2n) is 3.37. The maximum absolute atomic E-state index is 11.2. The highest BCUT2D eigenvalue weighted by atomic mass is 16.5. The minimum absolute atomic E-state index is 0.188. The normalized spacial score (nSPS) is 15.5. The van der Waals surface area contributed by atoms with Gasteiger partial charge in [0.2, 0.25) is 0 Å². The lowest BCUT2D eigenvalue weighted by Gasteiger charge is -2.18. The summed E-state index contributed by atoms with van der Waals surface area (Å²) in [6.07, 6.45) is 0.335. The molecule has 0 bridgehead atoms. The Balaban J connectivity index is 3.93. The van der Waals surface area contributed by atoms with E-state index in [1.807, 2.05) is 6.92 Å². The van der Waals surface area contributed by atoms with Crippen molar-refractivity contribution in [3.63, 3.8) is 0 Å². The number of ether oxygens (including phenoxy) is 1. The van der Waals surface area contributed by atoms with Crippen molar-refractivity contribution in [2.45, 2.75) is 51.9 Å². The summed E-state index contributed by atoms with van der Waals surface area (Å²) in [5.74, 6) is -0.532. The quantitative estimate of drug-likeness (QED) is 0.615. The highest BCUT2D eigenvalue weighted by Gasteiger charge is 2.23. The zero-order valence-corrected chi connectivity index (χ0v) is 8.49. The second-order valence-corrected chi connectivity index (χ2v) is 3.37. The number of hydrogen-bond donors (Lipinski definition) is 2. The van der Waals surface area contributed by atoms with Crippen molar-refractivity contribution in [1.82, 2.24) is 0 Å². The van der Waals surface area contributed by atoms with Gasteiger partial charge in [0, 0.05) is 0 Å². The molecule has 3 N–H and O–H groups in total. The van der Waals surface area contributed by atoms with Crippen molar-refractivity contribution >= 4 is 5.97 Å².